The molecule has 9 nitrogen and oxygen atoms in total. The molecule has 10 heteroatoms. The van der Waals surface area contributed by atoms with Crippen LogP contribution in [-0.2, 0) is 11.3 Å². The van der Waals surface area contributed by atoms with E-state index in [9.17, 15) is 14.4 Å². The first-order chi connectivity index (χ1) is 12.9. The topological polar surface area (TPSA) is 124 Å². The number of aromatic nitrogens is 4. The maximum atomic E-state index is 12.9. The lowest BCUT2D eigenvalue weighted by molar-refractivity contribution is -0.117. The van der Waals surface area contributed by atoms with Crippen molar-refractivity contribution in [1.29, 1.82) is 0 Å². The monoisotopic (exact) mass is 388 g/mol. The van der Waals surface area contributed by atoms with E-state index in [1.54, 1.807) is 21.1 Å². The molecule has 0 spiro atoms. The van der Waals surface area contributed by atoms with Crippen molar-refractivity contribution in [1.82, 2.24) is 24.5 Å². The quantitative estimate of drug-likeness (QED) is 0.615. The van der Waals surface area contributed by atoms with Gasteiger partial charge in [-0.1, -0.05) is 37.7 Å². The molecule has 2 heterocycles. The van der Waals surface area contributed by atoms with Crippen LogP contribution in [0.25, 0.3) is 16.7 Å². The standard InChI is InChI=1S/C17H20N6O3S/c1-10(2)7-8-22-14(25)11-5-3-4-6-12(11)23-16(22)20-21-17(23)27-9-13(24)19-15(18)26/h3-6,10H,7-9H2,1-2H3,(H3,18,19,24,26). The van der Waals surface area contributed by atoms with Crippen LogP contribution in [0.4, 0.5) is 4.79 Å². The maximum Gasteiger partial charge on any atom is 0.318 e. The van der Waals surface area contributed by atoms with Crippen LogP contribution >= 0.6 is 11.8 Å². The van der Waals surface area contributed by atoms with Gasteiger partial charge in [-0.25, -0.2) is 4.79 Å². The summed E-state index contributed by atoms with van der Waals surface area (Å²) in [6.07, 6.45) is 0.824. The second-order valence-corrected chi connectivity index (χ2v) is 7.42. The molecule has 27 heavy (non-hydrogen) atoms. The fraction of sp³-hybridized carbons (Fsp3) is 0.353. The highest BCUT2D eigenvalue weighted by atomic mass is 32.2. The molecule has 0 aliphatic rings. The molecule has 0 fully saturated rings. The van der Waals surface area contributed by atoms with Crippen molar-refractivity contribution in [3.8, 4) is 0 Å². The smallest absolute Gasteiger partial charge is 0.318 e. The zero-order valence-electron chi connectivity index (χ0n) is 15.0. The summed E-state index contributed by atoms with van der Waals surface area (Å²) in [5, 5.41) is 11.3. The number of urea groups is 1. The number of hydrogen-bond donors (Lipinski definition) is 2. The molecule has 0 saturated heterocycles. The Hall–Kier alpha value is -2.88. The van der Waals surface area contributed by atoms with Gasteiger partial charge in [-0.2, -0.15) is 0 Å². The normalized spacial score (nSPS) is 11.4. The van der Waals surface area contributed by atoms with E-state index in [2.05, 4.69) is 24.0 Å². The molecule has 0 saturated carbocycles. The first kappa shape index (κ1) is 18.9. The van der Waals surface area contributed by atoms with Gasteiger partial charge in [0.2, 0.25) is 11.7 Å². The minimum atomic E-state index is -0.903. The summed E-state index contributed by atoms with van der Waals surface area (Å²) >= 11 is 1.11. The molecule has 0 aliphatic carbocycles. The molecule has 3 N–H and O–H groups in total. The Balaban J connectivity index is 2.08. The summed E-state index contributed by atoms with van der Waals surface area (Å²) in [6, 6.07) is 6.30. The van der Waals surface area contributed by atoms with Gasteiger partial charge in [-0.3, -0.25) is 23.9 Å². The summed E-state index contributed by atoms with van der Waals surface area (Å²) in [7, 11) is 0. The molecule has 142 valence electrons. The van der Waals surface area contributed by atoms with Gasteiger partial charge in [0.05, 0.1) is 16.7 Å². The van der Waals surface area contributed by atoms with E-state index in [-0.39, 0.29) is 11.3 Å². The highest BCUT2D eigenvalue weighted by Gasteiger charge is 2.17. The number of carbonyl (C=O) groups excluding carboxylic acids is 2. The molecule has 3 amide bonds. The molecule has 3 rings (SSSR count). The minimum Gasteiger partial charge on any atom is -0.351 e. The summed E-state index contributed by atoms with van der Waals surface area (Å²) in [6.45, 7) is 4.70. The number of fused-ring (bicyclic) bond motifs is 3. The molecule has 0 aliphatic heterocycles. The van der Waals surface area contributed by atoms with Crippen molar-refractivity contribution < 1.29 is 9.59 Å². The van der Waals surface area contributed by atoms with Crippen LogP contribution in [0.5, 0.6) is 0 Å². The van der Waals surface area contributed by atoms with E-state index in [1.807, 2.05) is 17.4 Å². The fourth-order valence-electron chi connectivity index (χ4n) is 2.72. The third-order valence-electron chi connectivity index (χ3n) is 4.00. The molecule has 1 aromatic carbocycles. The highest BCUT2D eigenvalue weighted by molar-refractivity contribution is 7.99. The Morgan fingerprint density at radius 3 is 2.70 bits per heavy atom. The van der Waals surface area contributed by atoms with Crippen LogP contribution < -0.4 is 16.6 Å². The van der Waals surface area contributed by atoms with Crippen LogP contribution in [0.1, 0.15) is 20.3 Å². The first-order valence-corrected chi connectivity index (χ1v) is 9.45. The number of nitrogens with one attached hydrogen (secondary N) is 1. The van der Waals surface area contributed by atoms with Gasteiger partial charge in [0, 0.05) is 6.54 Å². The number of hydrogen-bond acceptors (Lipinski definition) is 6. The van der Waals surface area contributed by atoms with Crippen LogP contribution in [0.2, 0.25) is 0 Å². The molecule has 3 aromatic rings. The molecular formula is C17H20N6O3S. The largest absolute Gasteiger partial charge is 0.351 e. The van der Waals surface area contributed by atoms with Crippen molar-refractivity contribution >= 4 is 40.4 Å². The Morgan fingerprint density at radius 2 is 2.00 bits per heavy atom. The predicted molar refractivity (Wildman–Crippen MR) is 103 cm³/mol. The summed E-state index contributed by atoms with van der Waals surface area (Å²) in [5.41, 5.74) is 5.50. The second kappa shape index (κ2) is 7.78. The van der Waals surface area contributed by atoms with Gasteiger partial charge in [-0.05, 0) is 24.5 Å². The lowest BCUT2D eigenvalue weighted by Gasteiger charge is -2.12. The number of amides is 3. The number of benzene rings is 1. The number of nitrogens with two attached hydrogens (primary N) is 1. The average Bonchev–Trinajstić information content (AvgIpc) is 3.03. The van der Waals surface area contributed by atoms with Crippen LogP contribution in [0, 0.1) is 5.92 Å². The van der Waals surface area contributed by atoms with E-state index < -0.39 is 11.9 Å². The van der Waals surface area contributed by atoms with E-state index in [1.165, 1.54) is 0 Å². The Kier molecular flexibility index (Phi) is 5.45. The molecule has 2 aromatic heterocycles. The second-order valence-electron chi connectivity index (χ2n) is 6.48. The van der Waals surface area contributed by atoms with Gasteiger partial charge < -0.3 is 5.73 Å². The Bertz CT molecular complexity index is 1070. The third kappa shape index (κ3) is 3.95. The summed E-state index contributed by atoms with van der Waals surface area (Å²) in [4.78, 5) is 35.4. The lowest BCUT2D eigenvalue weighted by atomic mass is 10.1. The van der Waals surface area contributed by atoms with Crippen molar-refractivity contribution in [3.63, 3.8) is 0 Å². The average molecular weight is 388 g/mol. The highest BCUT2D eigenvalue weighted by Crippen LogP contribution is 2.21. The number of primary amides is 1. The molecule has 0 bridgehead atoms. The van der Waals surface area contributed by atoms with Crippen molar-refractivity contribution in [2.75, 3.05) is 5.75 Å². The van der Waals surface area contributed by atoms with E-state index in [4.69, 9.17) is 5.73 Å². The molecular weight excluding hydrogens is 368 g/mol. The lowest BCUT2D eigenvalue weighted by Crippen LogP contribution is -2.36. The summed E-state index contributed by atoms with van der Waals surface area (Å²) < 4.78 is 3.38. The van der Waals surface area contributed by atoms with Gasteiger partial charge in [0.15, 0.2) is 5.16 Å². The number of nitrogens with zero attached hydrogens (tertiary/aromatic N) is 4. The van der Waals surface area contributed by atoms with Crippen LogP contribution in [0.15, 0.2) is 34.2 Å². The maximum absolute atomic E-state index is 12.9. The minimum absolute atomic E-state index is 0.0524. The number of aryl methyl sites for hydroxylation is 1. The van der Waals surface area contributed by atoms with Crippen molar-refractivity contribution in [2.24, 2.45) is 11.7 Å². The third-order valence-corrected chi connectivity index (χ3v) is 4.93. The molecule has 0 atom stereocenters. The van der Waals surface area contributed by atoms with Gasteiger partial charge in [0.25, 0.3) is 5.56 Å². The SMILES string of the molecule is CC(C)CCn1c(=O)c2ccccc2n2c(SCC(=O)NC(N)=O)nnc12. The first-order valence-electron chi connectivity index (χ1n) is 8.47. The predicted octanol–water partition coefficient (Wildman–Crippen LogP) is 1.38. The van der Waals surface area contributed by atoms with Crippen molar-refractivity contribution in [3.05, 3.63) is 34.6 Å². The summed E-state index contributed by atoms with van der Waals surface area (Å²) in [5.74, 6) is 0.278. The van der Waals surface area contributed by atoms with E-state index in [0.717, 1.165) is 18.2 Å². The van der Waals surface area contributed by atoms with Gasteiger partial charge >= 0.3 is 6.03 Å². The van der Waals surface area contributed by atoms with Crippen LogP contribution in [-0.4, -0.2) is 36.9 Å². The Labute approximate surface area is 158 Å². The Morgan fingerprint density at radius 1 is 1.26 bits per heavy atom. The zero-order valence-corrected chi connectivity index (χ0v) is 15.8. The fourth-order valence-corrected chi connectivity index (χ4v) is 3.46. The van der Waals surface area contributed by atoms with Gasteiger partial charge in [-0.15, -0.1) is 10.2 Å². The number of rotatable bonds is 6. The number of para-hydroxylation sites is 1. The van der Waals surface area contributed by atoms with E-state index >= 15 is 0 Å². The molecule has 0 unspecified atom stereocenters. The zero-order chi connectivity index (χ0) is 19.6. The van der Waals surface area contributed by atoms with Crippen LogP contribution in [0.3, 0.4) is 0 Å². The number of carbonyl (C=O) groups is 2. The number of thioether (sulfide) groups is 1. The number of imide groups is 1. The molecule has 0 radical (unpaired) electrons. The van der Waals surface area contributed by atoms with Crippen molar-refractivity contribution in [2.45, 2.75) is 32.0 Å². The van der Waals surface area contributed by atoms with E-state index in [0.29, 0.717) is 34.3 Å². The van der Waals surface area contributed by atoms with Gasteiger partial charge in [0.1, 0.15) is 0 Å².